The number of nitrogens with zero attached hydrogens (tertiary/aromatic N) is 3. The molecule has 2 N–H and O–H groups in total. The van der Waals surface area contributed by atoms with E-state index in [0.29, 0.717) is 0 Å². The zero-order valence-corrected chi connectivity index (χ0v) is 18.3. The van der Waals surface area contributed by atoms with Crippen LogP contribution in [0.5, 0.6) is 0 Å². The van der Waals surface area contributed by atoms with Gasteiger partial charge in [0.15, 0.2) is 6.29 Å². The van der Waals surface area contributed by atoms with Crippen molar-refractivity contribution in [3.63, 3.8) is 0 Å². The van der Waals surface area contributed by atoms with Crippen LogP contribution in [0.1, 0.15) is 55.6 Å². The highest BCUT2D eigenvalue weighted by Gasteiger charge is 2.42. The van der Waals surface area contributed by atoms with Gasteiger partial charge in [-0.25, -0.2) is 9.69 Å². The largest absolute Gasteiger partial charge is 0.364 e. The molecular weight excluding hydrogens is 398 g/mol. The van der Waals surface area contributed by atoms with Gasteiger partial charge in [0, 0.05) is 29.5 Å². The molecule has 0 unspecified atom stereocenters. The van der Waals surface area contributed by atoms with Gasteiger partial charge in [-0.05, 0) is 64.5 Å². The Morgan fingerprint density at radius 3 is 2.10 bits per heavy atom. The van der Waals surface area contributed by atoms with E-state index in [2.05, 4.69) is 18.4 Å². The fourth-order valence-corrected chi connectivity index (χ4v) is 3.98. The Hall–Kier alpha value is -3.23. The Labute approximate surface area is 181 Å². The molecule has 0 radical (unpaired) electrons. The molecule has 31 heavy (non-hydrogen) atoms. The number of aryl methyl sites for hydroxylation is 1. The molecule has 4 amide bonds. The summed E-state index contributed by atoms with van der Waals surface area (Å²) in [6, 6.07) is 7.10. The zero-order valence-electron chi connectivity index (χ0n) is 18.3. The van der Waals surface area contributed by atoms with E-state index in [4.69, 9.17) is 0 Å². The highest BCUT2D eigenvalue weighted by atomic mass is 16.5. The van der Waals surface area contributed by atoms with E-state index in [0.717, 1.165) is 26.8 Å². The maximum absolute atomic E-state index is 13.3. The molecule has 1 aliphatic heterocycles. The number of imide groups is 2. The molecule has 164 valence electrons. The first-order valence-corrected chi connectivity index (χ1v) is 10.1. The lowest BCUT2D eigenvalue weighted by molar-refractivity contribution is -0.128. The maximum atomic E-state index is 13.3. The Morgan fingerprint density at radius 1 is 1.00 bits per heavy atom. The highest BCUT2D eigenvalue weighted by Crippen LogP contribution is 2.29. The molecule has 3 rings (SSSR count). The lowest BCUT2D eigenvalue weighted by Crippen LogP contribution is -2.56. The fraction of sp³-hybridized carbons (Fsp3) is 0.348. The summed E-state index contributed by atoms with van der Waals surface area (Å²) in [5.74, 6) is -1.35. The minimum atomic E-state index is -1.66. The van der Waals surface area contributed by atoms with Crippen LogP contribution in [0.3, 0.4) is 0 Å². The van der Waals surface area contributed by atoms with Crippen molar-refractivity contribution in [2.45, 2.75) is 47.0 Å². The number of barbiturate groups is 1. The normalized spacial score (nSPS) is 16.4. The van der Waals surface area contributed by atoms with Crippen molar-refractivity contribution in [1.29, 1.82) is 0 Å². The van der Waals surface area contributed by atoms with Crippen LogP contribution in [0, 0.1) is 13.8 Å². The van der Waals surface area contributed by atoms with E-state index in [1.165, 1.54) is 24.3 Å². The molecule has 0 saturated carbocycles. The van der Waals surface area contributed by atoms with E-state index in [1.54, 1.807) is 13.0 Å². The van der Waals surface area contributed by atoms with Crippen LogP contribution in [-0.4, -0.2) is 44.1 Å². The summed E-state index contributed by atoms with van der Waals surface area (Å²) in [7, 11) is 0. The monoisotopic (exact) mass is 425 g/mol. The van der Waals surface area contributed by atoms with Crippen LogP contribution in [0.2, 0.25) is 0 Å². The van der Waals surface area contributed by atoms with Crippen LogP contribution in [-0.2, 0) is 9.59 Å². The van der Waals surface area contributed by atoms with Crippen LogP contribution in [0.15, 0.2) is 35.9 Å². The molecule has 2 aromatic rings. The first-order chi connectivity index (χ1) is 14.6. The van der Waals surface area contributed by atoms with Crippen molar-refractivity contribution in [2.24, 2.45) is 0 Å². The average Bonchev–Trinajstić information content (AvgIpc) is 2.99. The van der Waals surface area contributed by atoms with Gasteiger partial charge >= 0.3 is 6.03 Å². The molecule has 2 heterocycles. The minimum Gasteiger partial charge on any atom is -0.364 e. The number of likely N-dealkylation sites (N-methyl/N-ethyl adjacent to an activating group) is 1. The topological polar surface area (TPSA) is 103 Å². The second kappa shape index (κ2) is 8.49. The predicted octanol–water partition coefficient (Wildman–Crippen LogP) is 3.07. The summed E-state index contributed by atoms with van der Waals surface area (Å²) in [5, 5.41) is 18.6. The van der Waals surface area contributed by atoms with Gasteiger partial charge < -0.3 is 14.8 Å². The fourth-order valence-electron chi connectivity index (χ4n) is 3.98. The van der Waals surface area contributed by atoms with Crippen molar-refractivity contribution in [2.75, 3.05) is 11.4 Å². The molecule has 1 fully saturated rings. The quantitative estimate of drug-likeness (QED) is 0.435. The van der Waals surface area contributed by atoms with Gasteiger partial charge in [-0.3, -0.25) is 14.5 Å². The zero-order chi connectivity index (χ0) is 23.0. The Bertz CT molecular complexity index is 1060. The molecule has 1 saturated heterocycles. The number of carbonyl (C=O) groups is 3. The van der Waals surface area contributed by atoms with E-state index >= 15 is 0 Å². The molecule has 0 bridgehead atoms. The maximum Gasteiger partial charge on any atom is 0.338 e. The predicted molar refractivity (Wildman–Crippen MR) is 116 cm³/mol. The molecule has 1 aromatic carbocycles. The molecule has 0 atom stereocenters. The van der Waals surface area contributed by atoms with Crippen LogP contribution < -0.4 is 4.90 Å². The number of rotatable bonds is 5. The summed E-state index contributed by atoms with van der Waals surface area (Å²) in [6.07, 6.45) is -0.123. The van der Waals surface area contributed by atoms with Crippen LogP contribution in [0.4, 0.5) is 10.5 Å². The van der Waals surface area contributed by atoms with Crippen LogP contribution >= 0.6 is 0 Å². The number of amides is 4. The standard InChI is InChI=1S/C23H27N3O5/c1-6-24-20(27)19(12-17-11-14(4)25(13(2)3)15(17)5)21(28)26(23(24)31)18-9-7-16(8-10-18)22(29)30/h7-13,22,29-30H,6H2,1-5H3/b19-12+. The first-order valence-electron chi connectivity index (χ1n) is 10.1. The number of anilines is 1. The Kier molecular flexibility index (Phi) is 6.15. The molecule has 8 heteroatoms. The summed E-state index contributed by atoms with van der Waals surface area (Å²) in [5.41, 5.74) is 3.04. The smallest absolute Gasteiger partial charge is 0.338 e. The van der Waals surface area contributed by atoms with Crippen LogP contribution in [0.25, 0.3) is 6.08 Å². The van der Waals surface area contributed by atoms with E-state index < -0.39 is 24.1 Å². The number of aromatic nitrogens is 1. The lowest BCUT2D eigenvalue weighted by atomic mass is 10.1. The van der Waals surface area contributed by atoms with Gasteiger partial charge in [-0.2, -0.15) is 0 Å². The third-order valence-electron chi connectivity index (χ3n) is 5.44. The number of benzene rings is 1. The number of hydrogen-bond donors (Lipinski definition) is 2. The number of aliphatic hydroxyl groups excluding tert-OH is 1. The van der Waals surface area contributed by atoms with Gasteiger partial charge in [0.05, 0.1) is 5.69 Å². The first kappa shape index (κ1) is 22.5. The van der Waals surface area contributed by atoms with Gasteiger partial charge in [-0.1, -0.05) is 12.1 Å². The van der Waals surface area contributed by atoms with Gasteiger partial charge in [0.1, 0.15) is 5.57 Å². The Balaban J connectivity index is 2.10. The number of urea groups is 1. The van der Waals surface area contributed by atoms with Crippen molar-refractivity contribution in [3.8, 4) is 0 Å². The Morgan fingerprint density at radius 2 is 1.61 bits per heavy atom. The summed E-state index contributed by atoms with van der Waals surface area (Å²) >= 11 is 0. The number of hydrogen-bond acceptors (Lipinski definition) is 5. The summed E-state index contributed by atoms with van der Waals surface area (Å²) in [4.78, 5) is 41.1. The van der Waals surface area contributed by atoms with Gasteiger partial charge in [0.25, 0.3) is 11.8 Å². The van der Waals surface area contributed by atoms with Gasteiger partial charge in [0.2, 0.25) is 0 Å². The van der Waals surface area contributed by atoms with E-state index in [-0.39, 0.29) is 29.4 Å². The average molecular weight is 425 g/mol. The molecule has 8 nitrogen and oxygen atoms in total. The SMILES string of the molecule is CCN1C(=O)/C(=C\c2cc(C)n(C(C)C)c2C)C(=O)N(c2ccc(C(O)O)cc2)C1=O. The highest BCUT2D eigenvalue weighted by molar-refractivity contribution is 6.39. The molecule has 1 aliphatic rings. The molecule has 1 aromatic heterocycles. The van der Waals surface area contributed by atoms with E-state index in [9.17, 15) is 24.6 Å². The lowest BCUT2D eigenvalue weighted by Gasteiger charge is -2.33. The molecule has 0 spiro atoms. The van der Waals surface area contributed by atoms with Crippen molar-refractivity contribution < 1.29 is 24.6 Å². The second-order valence-corrected chi connectivity index (χ2v) is 7.79. The molecule has 0 aliphatic carbocycles. The van der Waals surface area contributed by atoms with Crippen molar-refractivity contribution in [3.05, 3.63) is 58.4 Å². The van der Waals surface area contributed by atoms with E-state index in [1.807, 2.05) is 19.9 Å². The minimum absolute atomic E-state index is 0.100. The van der Waals surface area contributed by atoms with Gasteiger partial charge in [-0.15, -0.1) is 0 Å². The molecular formula is C23H27N3O5. The second-order valence-electron chi connectivity index (χ2n) is 7.79. The third kappa shape index (κ3) is 3.92. The van der Waals surface area contributed by atoms with Crippen molar-refractivity contribution in [1.82, 2.24) is 9.47 Å². The number of carbonyl (C=O) groups excluding carboxylic acids is 3. The summed E-state index contributed by atoms with van der Waals surface area (Å²) in [6.45, 7) is 9.77. The summed E-state index contributed by atoms with van der Waals surface area (Å²) < 4.78 is 2.11. The number of aliphatic hydroxyl groups is 2. The van der Waals surface area contributed by atoms with Crippen molar-refractivity contribution >= 4 is 29.6 Å². The third-order valence-corrected chi connectivity index (χ3v) is 5.44.